The minimum absolute atomic E-state index is 0.203. The Hall–Kier alpha value is -2.16. The van der Waals surface area contributed by atoms with E-state index in [9.17, 15) is 8.42 Å². The molecule has 110 valence electrons. The molecule has 8 heteroatoms. The van der Waals surface area contributed by atoms with Gasteiger partial charge in [0, 0.05) is 13.2 Å². The van der Waals surface area contributed by atoms with Crippen LogP contribution < -0.4 is 0 Å². The Kier molecular flexibility index (Phi) is 3.28. The van der Waals surface area contributed by atoms with Gasteiger partial charge in [-0.3, -0.25) is 14.5 Å². The topological polar surface area (TPSA) is 92.9 Å². The van der Waals surface area contributed by atoms with Gasteiger partial charge in [0.05, 0.1) is 5.56 Å². The van der Waals surface area contributed by atoms with Gasteiger partial charge in [0.25, 0.3) is 0 Å². The first kappa shape index (κ1) is 13.8. The fourth-order valence-corrected chi connectivity index (χ4v) is 2.69. The largest absolute Gasteiger partial charge is 0.363 e. The van der Waals surface area contributed by atoms with Crippen molar-refractivity contribution in [3.8, 4) is 11.1 Å². The molecule has 1 atom stereocenters. The van der Waals surface area contributed by atoms with Crippen molar-refractivity contribution in [2.75, 3.05) is 7.05 Å². The van der Waals surface area contributed by atoms with E-state index in [-0.39, 0.29) is 11.7 Å². The van der Waals surface area contributed by atoms with Crippen LogP contribution in [0, 0.1) is 0 Å². The highest BCUT2D eigenvalue weighted by atomic mass is 32.2. The highest BCUT2D eigenvalue weighted by molar-refractivity contribution is 7.85. The van der Waals surface area contributed by atoms with Crippen LogP contribution in [0.15, 0.2) is 52.4 Å². The van der Waals surface area contributed by atoms with Crippen molar-refractivity contribution < 1.29 is 22.3 Å². The third kappa shape index (κ3) is 2.68. The summed E-state index contributed by atoms with van der Waals surface area (Å²) < 4.78 is 36.3. The molecule has 0 spiro atoms. The third-order valence-electron chi connectivity index (χ3n) is 3.06. The smallest absolute Gasteiger partial charge is 0.316 e. The molecule has 1 aliphatic rings. The highest BCUT2D eigenvalue weighted by Gasteiger charge is 2.23. The lowest BCUT2D eigenvalue weighted by molar-refractivity contribution is -0.112. The second kappa shape index (κ2) is 4.99. The molecule has 0 saturated carbocycles. The summed E-state index contributed by atoms with van der Waals surface area (Å²) >= 11 is 0. The van der Waals surface area contributed by atoms with Crippen LogP contribution in [0.25, 0.3) is 11.1 Å². The van der Waals surface area contributed by atoms with E-state index in [1.807, 2.05) is 12.1 Å². The molecule has 1 aromatic heterocycles. The van der Waals surface area contributed by atoms with Crippen molar-refractivity contribution in [1.29, 1.82) is 0 Å². The lowest BCUT2D eigenvalue weighted by Crippen LogP contribution is -2.08. The number of hydrogen-bond donors (Lipinski definition) is 1. The summed E-state index contributed by atoms with van der Waals surface area (Å²) in [5.74, 6) is 0. The van der Waals surface area contributed by atoms with E-state index < -0.39 is 15.1 Å². The first-order chi connectivity index (χ1) is 9.95. The van der Waals surface area contributed by atoms with Gasteiger partial charge in [-0.15, -0.1) is 0 Å². The molecule has 2 heterocycles. The summed E-state index contributed by atoms with van der Waals surface area (Å²) in [6.45, 7) is 0. The fraction of sp³-hybridized carbons (Fsp3) is 0.154. The molecule has 21 heavy (non-hydrogen) atoms. The van der Waals surface area contributed by atoms with Crippen LogP contribution in [0.4, 0.5) is 0 Å². The SMILES string of the molecule is CN1C=CC(c2cccc(-c3conc3S(=O)(=O)O)c2)O1. The standard InChI is InChI=1S/C13H12N2O5S/c1-15-6-5-12(20-15)10-4-2-3-9(7-10)11-8-19-14-13(11)21(16,17)18/h2-8,12H,1H3,(H,16,17,18). The van der Waals surface area contributed by atoms with Crippen LogP contribution in [0.1, 0.15) is 11.7 Å². The van der Waals surface area contributed by atoms with Gasteiger partial charge >= 0.3 is 10.1 Å². The molecule has 7 nitrogen and oxygen atoms in total. The summed E-state index contributed by atoms with van der Waals surface area (Å²) in [5, 5.41) is 4.42. The van der Waals surface area contributed by atoms with Gasteiger partial charge in [0.1, 0.15) is 12.4 Å². The lowest BCUT2D eigenvalue weighted by Gasteiger charge is -2.13. The number of benzene rings is 1. The summed E-state index contributed by atoms with van der Waals surface area (Å²) in [5.41, 5.74) is 1.61. The molecule has 0 amide bonds. The van der Waals surface area contributed by atoms with Crippen LogP contribution >= 0.6 is 0 Å². The Bertz CT molecular complexity index is 796. The number of aromatic nitrogens is 1. The molecule has 0 fully saturated rings. The maximum atomic E-state index is 11.3. The van der Waals surface area contributed by atoms with Crippen LogP contribution in [-0.2, 0) is 15.0 Å². The van der Waals surface area contributed by atoms with Crippen molar-refractivity contribution in [1.82, 2.24) is 10.2 Å². The van der Waals surface area contributed by atoms with E-state index in [1.165, 1.54) is 6.26 Å². The zero-order chi connectivity index (χ0) is 15.0. The summed E-state index contributed by atoms with van der Waals surface area (Å²) in [4.78, 5) is 5.53. The van der Waals surface area contributed by atoms with E-state index >= 15 is 0 Å². The van der Waals surface area contributed by atoms with Crippen molar-refractivity contribution >= 4 is 10.1 Å². The predicted octanol–water partition coefficient (Wildman–Crippen LogP) is 2.02. The monoisotopic (exact) mass is 308 g/mol. The zero-order valence-electron chi connectivity index (χ0n) is 11.0. The molecule has 1 aliphatic heterocycles. The molecule has 1 unspecified atom stereocenters. The Morgan fingerprint density at radius 2 is 2.19 bits per heavy atom. The van der Waals surface area contributed by atoms with Crippen molar-refractivity contribution in [2.24, 2.45) is 0 Å². The van der Waals surface area contributed by atoms with E-state index in [1.54, 1.807) is 36.5 Å². The highest BCUT2D eigenvalue weighted by Crippen LogP contribution is 2.31. The molecular weight excluding hydrogens is 296 g/mol. The second-order valence-electron chi connectivity index (χ2n) is 4.55. The van der Waals surface area contributed by atoms with Gasteiger partial charge in [0.15, 0.2) is 0 Å². The first-order valence-corrected chi connectivity index (χ1v) is 7.49. The Morgan fingerprint density at radius 1 is 1.38 bits per heavy atom. The van der Waals surface area contributed by atoms with Gasteiger partial charge in [-0.2, -0.15) is 8.42 Å². The summed E-state index contributed by atoms with van der Waals surface area (Å²) in [7, 11) is -2.66. The second-order valence-corrected chi connectivity index (χ2v) is 5.88. The van der Waals surface area contributed by atoms with E-state index in [0.29, 0.717) is 5.56 Å². The molecule has 2 aromatic rings. The molecule has 1 N–H and O–H groups in total. The van der Waals surface area contributed by atoms with E-state index in [2.05, 4.69) is 9.68 Å². The first-order valence-electron chi connectivity index (χ1n) is 6.05. The maximum absolute atomic E-state index is 11.3. The van der Waals surface area contributed by atoms with Gasteiger partial charge in [-0.1, -0.05) is 23.4 Å². The van der Waals surface area contributed by atoms with Crippen LogP contribution in [-0.4, -0.2) is 30.2 Å². The molecule has 1 aromatic carbocycles. The molecular formula is C13H12N2O5S. The van der Waals surface area contributed by atoms with E-state index in [0.717, 1.165) is 5.56 Å². The lowest BCUT2D eigenvalue weighted by atomic mass is 10.0. The van der Waals surface area contributed by atoms with Gasteiger partial charge in [-0.05, 0) is 23.3 Å². The molecule has 0 saturated heterocycles. The average molecular weight is 308 g/mol. The normalized spacial score (nSPS) is 18.4. The summed E-state index contributed by atoms with van der Waals surface area (Å²) in [6.07, 6.45) is 4.60. The number of rotatable bonds is 3. The van der Waals surface area contributed by atoms with Crippen LogP contribution in [0.3, 0.4) is 0 Å². The number of nitrogens with zero attached hydrogens (tertiary/aromatic N) is 2. The number of hydroxylamine groups is 2. The molecule has 0 radical (unpaired) electrons. The maximum Gasteiger partial charge on any atom is 0.316 e. The van der Waals surface area contributed by atoms with E-state index in [4.69, 9.17) is 9.39 Å². The van der Waals surface area contributed by atoms with Crippen molar-refractivity contribution in [3.05, 3.63) is 48.4 Å². The van der Waals surface area contributed by atoms with Crippen LogP contribution in [0.5, 0.6) is 0 Å². The zero-order valence-corrected chi connectivity index (χ0v) is 11.8. The molecule has 0 aliphatic carbocycles. The minimum atomic E-state index is -4.44. The van der Waals surface area contributed by atoms with Gasteiger partial charge in [0.2, 0.25) is 5.03 Å². The van der Waals surface area contributed by atoms with Crippen molar-refractivity contribution in [3.63, 3.8) is 0 Å². The average Bonchev–Trinajstić information content (AvgIpc) is 3.06. The minimum Gasteiger partial charge on any atom is -0.363 e. The predicted molar refractivity (Wildman–Crippen MR) is 72.5 cm³/mol. The Balaban J connectivity index is 2.01. The fourth-order valence-electron chi connectivity index (χ4n) is 2.11. The molecule has 3 rings (SSSR count). The summed E-state index contributed by atoms with van der Waals surface area (Å²) in [6, 6.07) is 7.09. The van der Waals surface area contributed by atoms with Crippen molar-refractivity contribution in [2.45, 2.75) is 11.1 Å². The number of hydrogen-bond acceptors (Lipinski definition) is 6. The van der Waals surface area contributed by atoms with Gasteiger partial charge < -0.3 is 4.52 Å². The van der Waals surface area contributed by atoms with Crippen LogP contribution in [0.2, 0.25) is 0 Å². The third-order valence-corrected chi connectivity index (χ3v) is 3.84. The van der Waals surface area contributed by atoms with Gasteiger partial charge in [-0.25, -0.2) is 0 Å². The molecule has 0 bridgehead atoms. The quantitative estimate of drug-likeness (QED) is 0.867. The Labute approximate surface area is 121 Å². The Morgan fingerprint density at radius 3 is 2.86 bits per heavy atom.